The zero-order chi connectivity index (χ0) is 20.5. The fraction of sp³-hybridized carbons (Fsp3) is 0.227. The Kier molecular flexibility index (Phi) is 5.24. The van der Waals surface area contributed by atoms with Gasteiger partial charge in [-0.3, -0.25) is 4.21 Å². The van der Waals surface area contributed by atoms with Crippen LogP contribution in [0.3, 0.4) is 0 Å². The highest BCUT2D eigenvalue weighted by Crippen LogP contribution is 2.32. The highest BCUT2D eigenvalue weighted by molar-refractivity contribution is 7.85. The van der Waals surface area contributed by atoms with Crippen molar-refractivity contribution in [3.63, 3.8) is 0 Å². The SMILES string of the molecule is CCS(=O)c1ccc(-c2cc(-c3cnnc4c3ncn4C(C)C)ccc2F)cc1. The minimum Gasteiger partial charge on any atom is -0.311 e. The summed E-state index contributed by atoms with van der Waals surface area (Å²) >= 11 is 0. The van der Waals surface area contributed by atoms with Crippen molar-refractivity contribution in [1.82, 2.24) is 19.7 Å². The minimum atomic E-state index is -1.03. The molecule has 0 aliphatic heterocycles. The van der Waals surface area contributed by atoms with Crippen LogP contribution in [-0.2, 0) is 10.8 Å². The standard InChI is InChI=1S/C22H21FN4OS/c1-4-29(28)17-8-5-15(6-9-17)18-11-16(7-10-20(18)23)19-12-25-26-22-21(19)24-13-27(22)14(2)3/h5-14H,4H2,1-3H3. The number of halogens is 1. The van der Waals surface area contributed by atoms with Crippen LogP contribution in [0.25, 0.3) is 33.4 Å². The van der Waals surface area contributed by atoms with Crippen molar-refractivity contribution in [1.29, 1.82) is 0 Å². The van der Waals surface area contributed by atoms with Gasteiger partial charge in [-0.05, 0) is 49.2 Å². The molecule has 2 heterocycles. The second-order valence-corrected chi connectivity index (χ2v) is 8.77. The molecule has 0 bridgehead atoms. The van der Waals surface area contributed by atoms with Gasteiger partial charge in [0.1, 0.15) is 11.3 Å². The van der Waals surface area contributed by atoms with Gasteiger partial charge in [0.15, 0.2) is 5.65 Å². The van der Waals surface area contributed by atoms with Crippen molar-refractivity contribution in [2.75, 3.05) is 5.75 Å². The largest absolute Gasteiger partial charge is 0.311 e. The lowest BCUT2D eigenvalue weighted by Gasteiger charge is -2.10. The number of fused-ring (bicyclic) bond motifs is 1. The van der Waals surface area contributed by atoms with E-state index in [0.29, 0.717) is 17.0 Å². The fourth-order valence-electron chi connectivity index (χ4n) is 3.30. The third kappa shape index (κ3) is 3.58. The first-order valence-corrected chi connectivity index (χ1v) is 10.8. The second-order valence-electron chi connectivity index (χ2n) is 7.03. The zero-order valence-electron chi connectivity index (χ0n) is 16.5. The predicted octanol–water partition coefficient (Wildman–Crippen LogP) is 5.01. The minimum absolute atomic E-state index is 0.209. The molecule has 0 saturated carbocycles. The van der Waals surface area contributed by atoms with Crippen LogP contribution in [0.5, 0.6) is 0 Å². The van der Waals surface area contributed by atoms with Crippen LogP contribution >= 0.6 is 0 Å². The van der Waals surface area contributed by atoms with E-state index in [4.69, 9.17) is 0 Å². The Morgan fingerprint density at radius 3 is 2.48 bits per heavy atom. The molecule has 0 aliphatic carbocycles. The molecule has 0 spiro atoms. The molecule has 4 rings (SSSR count). The van der Waals surface area contributed by atoms with E-state index in [1.165, 1.54) is 6.07 Å². The summed E-state index contributed by atoms with van der Waals surface area (Å²) in [7, 11) is -1.03. The number of rotatable bonds is 5. The fourth-order valence-corrected chi connectivity index (χ4v) is 4.08. The van der Waals surface area contributed by atoms with Gasteiger partial charge in [0, 0.05) is 27.8 Å². The molecule has 0 radical (unpaired) electrons. The first kappa shape index (κ1) is 19.4. The van der Waals surface area contributed by atoms with E-state index in [-0.39, 0.29) is 11.9 Å². The molecule has 1 unspecified atom stereocenters. The van der Waals surface area contributed by atoms with Crippen LogP contribution in [0.2, 0.25) is 0 Å². The van der Waals surface area contributed by atoms with Gasteiger partial charge in [0.05, 0.1) is 23.3 Å². The average Bonchev–Trinajstić information content (AvgIpc) is 3.18. The van der Waals surface area contributed by atoms with Gasteiger partial charge in [-0.15, -0.1) is 5.10 Å². The maximum absolute atomic E-state index is 14.6. The van der Waals surface area contributed by atoms with E-state index in [2.05, 4.69) is 29.0 Å². The van der Waals surface area contributed by atoms with E-state index in [1.54, 1.807) is 48.9 Å². The molecule has 7 heteroatoms. The van der Waals surface area contributed by atoms with Gasteiger partial charge in [-0.2, -0.15) is 5.10 Å². The molecule has 0 saturated heterocycles. The Bertz CT molecular complexity index is 1200. The van der Waals surface area contributed by atoms with Crippen LogP contribution in [0.4, 0.5) is 4.39 Å². The molecule has 0 aliphatic rings. The monoisotopic (exact) mass is 408 g/mol. The summed E-state index contributed by atoms with van der Waals surface area (Å²) in [6.07, 6.45) is 3.41. The summed E-state index contributed by atoms with van der Waals surface area (Å²) in [6, 6.07) is 12.4. The summed E-state index contributed by atoms with van der Waals surface area (Å²) in [4.78, 5) is 5.26. The Balaban J connectivity index is 1.80. The summed E-state index contributed by atoms with van der Waals surface area (Å²) in [5, 5.41) is 8.36. The van der Waals surface area contributed by atoms with Gasteiger partial charge >= 0.3 is 0 Å². The maximum Gasteiger partial charge on any atom is 0.183 e. The Hall–Kier alpha value is -2.93. The van der Waals surface area contributed by atoms with Crippen LogP contribution in [0.15, 0.2) is 59.9 Å². The van der Waals surface area contributed by atoms with Gasteiger partial charge in [0.2, 0.25) is 0 Å². The predicted molar refractivity (Wildman–Crippen MR) is 113 cm³/mol. The van der Waals surface area contributed by atoms with Gasteiger partial charge in [-0.1, -0.05) is 25.1 Å². The number of imidazole rings is 1. The van der Waals surface area contributed by atoms with Gasteiger partial charge < -0.3 is 4.57 Å². The molecule has 0 amide bonds. The molecule has 5 nitrogen and oxygen atoms in total. The van der Waals surface area contributed by atoms with Gasteiger partial charge in [-0.25, -0.2) is 9.37 Å². The molecule has 148 valence electrons. The number of nitrogens with zero attached hydrogens (tertiary/aromatic N) is 4. The first-order chi connectivity index (χ1) is 14.0. The van der Waals surface area contributed by atoms with Gasteiger partial charge in [0.25, 0.3) is 0 Å². The molecule has 2 aromatic heterocycles. The van der Waals surface area contributed by atoms with Crippen LogP contribution in [-0.4, -0.2) is 29.7 Å². The number of aromatic nitrogens is 4. The van der Waals surface area contributed by atoms with E-state index in [1.807, 2.05) is 11.5 Å². The number of hydrogen-bond donors (Lipinski definition) is 0. The summed E-state index contributed by atoms with van der Waals surface area (Å²) in [5.41, 5.74) is 4.27. The van der Waals surface area contributed by atoms with Crippen LogP contribution in [0.1, 0.15) is 26.8 Å². The molecule has 0 N–H and O–H groups in total. The maximum atomic E-state index is 14.6. The molecule has 29 heavy (non-hydrogen) atoms. The lowest BCUT2D eigenvalue weighted by Crippen LogP contribution is -2.00. The zero-order valence-corrected chi connectivity index (χ0v) is 17.3. The van der Waals surface area contributed by atoms with E-state index < -0.39 is 10.8 Å². The topological polar surface area (TPSA) is 60.7 Å². The van der Waals surface area contributed by atoms with Crippen molar-refractivity contribution >= 4 is 22.0 Å². The quantitative estimate of drug-likeness (QED) is 0.466. The molecule has 1 atom stereocenters. The lowest BCUT2D eigenvalue weighted by molar-refractivity contribution is 0.610. The van der Waals surface area contributed by atoms with Crippen LogP contribution < -0.4 is 0 Å². The third-order valence-corrected chi connectivity index (χ3v) is 6.21. The Labute approximate surface area is 171 Å². The van der Waals surface area contributed by atoms with E-state index in [9.17, 15) is 8.60 Å². The average molecular weight is 409 g/mol. The number of hydrogen-bond acceptors (Lipinski definition) is 4. The summed E-state index contributed by atoms with van der Waals surface area (Å²) in [6.45, 7) is 5.98. The van der Waals surface area contributed by atoms with E-state index >= 15 is 0 Å². The van der Waals surface area contributed by atoms with Crippen molar-refractivity contribution in [3.8, 4) is 22.3 Å². The van der Waals surface area contributed by atoms with Crippen molar-refractivity contribution in [2.45, 2.75) is 31.7 Å². The molecular formula is C22H21FN4OS. The second kappa shape index (κ2) is 7.83. The summed E-state index contributed by atoms with van der Waals surface area (Å²) < 4.78 is 28.5. The Morgan fingerprint density at radius 1 is 1.07 bits per heavy atom. The normalized spacial score (nSPS) is 12.6. The summed E-state index contributed by atoms with van der Waals surface area (Å²) in [5.74, 6) is 0.237. The molecule has 2 aromatic carbocycles. The smallest absolute Gasteiger partial charge is 0.183 e. The molecule has 4 aromatic rings. The highest BCUT2D eigenvalue weighted by atomic mass is 32.2. The highest BCUT2D eigenvalue weighted by Gasteiger charge is 2.15. The van der Waals surface area contributed by atoms with Crippen LogP contribution in [0, 0.1) is 5.82 Å². The van der Waals surface area contributed by atoms with Crippen molar-refractivity contribution < 1.29 is 8.60 Å². The lowest BCUT2D eigenvalue weighted by atomic mass is 9.99. The van der Waals surface area contributed by atoms with Crippen molar-refractivity contribution in [2.24, 2.45) is 0 Å². The Morgan fingerprint density at radius 2 is 1.79 bits per heavy atom. The third-order valence-electron chi connectivity index (χ3n) is 4.89. The molecular weight excluding hydrogens is 387 g/mol. The van der Waals surface area contributed by atoms with Crippen molar-refractivity contribution in [3.05, 3.63) is 60.8 Å². The van der Waals surface area contributed by atoms with E-state index in [0.717, 1.165) is 27.1 Å². The number of benzene rings is 2. The molecule has 0 fully saturated rings. The first-order valence-electron chi connectivity index (χ1n) is 9.46.